The minimum atomic E-state index is -0.937. The Bertz CT molecular complexity index is 1730. The van der Waals surface area contributed by atoms with E-state index < -0.39 is 17.7 Å². The number of aliphatic hydroxyl groups is 1. The molecular formula is C28H17ClN2O4S. The number of ketones is 1. The molecule has 176 valence electrons. The monoisotopic (exact) mass is 512 g/mol. The number of hydrogen-bond donors (Lipinski definition) is 2. The molecular weight excluding hydrogens is 496 g/mol. The van der Waals surface area contributed by atoms with E-state index in [4.69, 9.17) is 11.6 Å². The third-order valence-corrected chi connectivity index (χ3v) is 7.47. The molecule has 2 heterocycles. The number of fused-ring (bicyclic) bond motifs is 2. The lowest BCUT2D eigenvalue weighted by Gasteiger charge is -2.23. The van der Waals surface area contributed by atoms with Crippen LogP contribution < -0.4 is 4.90 Å². The Kier molecular flexibility index (Phi) is 5.25. The number of hydrogen-bond acceptors (Lipinski definition) is 6. The van der Waals surface area contributed by atoms with Crippen molar-refractivity contribution in [1.29, 1.82) is 0 Å². The van der Waals surface area contributed by atoms with Gasteiger partial charge in [0.15, 0.2) is 5.13 Å². The number of nitrogens with zero attached hydrogens (tertiary/aromatic N) is 2. The van der Waals surface area contributed by atoms with Crippen molar-refractivity contribution in [2.75, 3.05) is 4.90 Å². The van der Waals surface area contributed by atoms with E-state index in [-0.39, 0.29) is 17.1 Å². The van der Waals surface area contributed by atoms with E-state index in [0.717, 1.165) is 15.5 Å². The van der Waals surface area contributed by atoms with Crippen molar-refractivity contribution in [1.82, 2.24) is 4.98 Å². The number of halogens is 1. The highest BCUT2D eigenvalue weighted by molar-refractivity contribution is 7.22. The zero-order valence-corrected chi connectivity index (χ0v) is 20.1. The molecule has 5 aromatic rings. The second-order valence-corrected chi connectivity index (χ2v) is 9.88. The van der Waals surface area contributed by atoms with Crippen LogP contribution in [0.5, 0.6) is 5.75 Å². The van der Waals surface area contributed by atoms with E-state index in [1.807, 2.05) is 30.3 Å². The van der Waals surface area contributed by atoms with E-state index in [1.54, 1.807) is 42.5 Å². The highest BCUT2D eigenvalue weighted by Crippen LogP contribution is 2.44. The topological polar surface area (TPSA) is 90.7 Å². The van der Waals surface area contributed by atoms with Crippen LogP contribution in [0.2, 0.25) is 5.02 Å². The molecule has 4 aromatic carbocycles. The molecule has 1 aliphatic heterocycles. The van der Waals surface area contributed by atoms with Crippen LogP contribution in [0, 0.1) is 0 Å². The van der Waals surface area contributed by atoms with Gasteiger partial charge in [-0.05, 0) is 52.7 Å². The van der Waals surface area contributed by atoms with Gasteiger partial charge in [-0.2, -0.15) is 0 Å². The molecule has 0 radical (unpaired) electrons. The van der Waals surface area contributed by atoms with Gasteiger partial charge in [0, 0.05) is 10.6 Å². The Morgan fingerprint density at radius 1 is 0.917 bits per heavy atom. The molecule has 0 saturated carbocycles. The number of phenolic OH excluding ortho intramolecular Hbond substituents is 1. The number of amides is 1. The van der Waals surface area contributed by atoms with Crippen molar-refractivity contribution in [3.05, 3.63) is 107 Å². The summed E-state index contributed by atoms with van der Waals surface area (Å²) in [5.41, 5.74) is 1.57. The Morgan fingerprint density at radius 2 is 1.67 bits per heavy atom. The molecule has 1 amide bonds. The van der Waals surface area contributed by atoms with E-state index >= 15 is 0 Å². The first kappa shape index (κ1) is 22.3. The van der Waals surface area contributed by atoms with Gasteiger partial charge in [0.25, 0.3) is 5.78 Å². The van der Waals surface area contributed by atoms with Crippen LogP contribution in [0.1, 0.15) is 17.2 Å². The van der Waals surface area contributed by atoms with Gasteiger partial charge in [-0.25, -0.2) is 4.98 Å². The SMILES string of the molecule is O=C1C(=O)N(c2nc3ccc(Cl)cc3s2)C(c2ccc(O)cc2)/C1=C(\O)c1ccc2ccccc2c1. The zero-order valence-electron chi connectivity index (χ0n) is 18.6. The normalized spacial score (nSPS) is 17.4. The summed E-state index contributed by atoms with van der Waals surface area (Å²) in [7, 11) is 0. The molecule has 1 saturated heterocycles. The number of thiazole rings is 1. The number of carbonyl (C=O) groups is 2. The van der Waals surface area contributed by atoms with E-state index in [2.05, 4.69) is 4.98 Å². The largest absolute Gasteiger partial charge is 0.508 e. The number of rotatable bonds is 3. The quantitative estimate of drug-likeness (QED) is 0.165. The number of carbonyl (C=O) groups excluding carboxylic acids is 2. The highest BCUT2D eigenvalue weighted by atomic mass is 35.5. The second-order valence-electron chi connectivity index (χ2n) is 8.43. The lowest BCUT2D eigenvalue weighted by molar-refractivity contribution is -0.132. The first-order valence-electron chi connectivity index (χ1n) is 11.1. The third-order valence-electron chi connectivity index (χ3n) is 6.22. The summed E-state index contributed by atoms with van der Waals surface area (Å²) < 4.78 is 0.762. The van der Waals surface area contributed by atoms with E-state index in [9.17, 15) is 19.8 Å². The minimum Gasteiger partial charge on any atom is -0.508 e. The average Bonchev–Trinajstić information content (AvgIpc) is 3.41. The average molecular weight is 513 g/mol. The fraction of sp³-hybridized carbons (Fsp3) is 0.0357. The van der Waals surface area contributed by atoms with Gasteiger partial charge < -0.3 is 10.2 Å². The summed E-state index contributed by atoms with van der Waals surface area (Å²) in [6.07, 6.45) is 0. The lowest BCUT2D eigenvalue weighted by Crippen LogP contribution is -2.29. The molecule has 1 fully saturated rings. The second kappa shape index (κ2) is 8.48. The molecule has 8 heteroatoms. The standard InChI is InChI=1S/C28H17ClN2O4S/c29-19-9-12-21-22(14-19)36-28(30-21)31-24(16-7-10-20(32)11-8-16)23(26(34)27(31)35)25(33)18-6-5-15-3-1-2-4-17(15)13-18/h1-14,24,32-33H/b25-23+. The van der Waals surface area contributed by atoms with Crippen molar-refractivity contribution in [2.24, 2.45) is 0 Å². The number of aromatic nitrogens is 1. The first-order chi connectivity index (χ1) is 17.4. The number of phenols is 1. The third kappa shape index (κ3) is 3.61. The van der Waals surface area contributed by atoms with Crippen molar-refractivity contribution in [3.63, 3.8) is 0 Å². The Hall–Kier alpha value is -4.20. The Labute approximate surface area is 214 Å². The summed E-state index contributed by atoms with van der Waals surface area (Å²) in [5.74, 6) is -1.83. The van der Waals surface area contributed by atoms with Crippen LogP contribution in [0.15, 0.2) is 90.5 Å². The maximum atomic E-state index is 13.4. The molecule has 0 spiro atoms. The van der Waals surface area contributed by atoms with Gasteiger partial charge in [0.1, 0.15) is 11.5 Å². The number of Topliss-reactive ketones (excluding diaryl/α,β-unsaturated/α-hetero) is 1. The van der Waals surface area contributed by atoms with Crippen LogP contribution >= 0.6 is 22.9 Å². The van der Waals surface area contributed by atoms with E-state index in [0.29, 0.717) is 26.8 Å². The van der Waals surface area contributed by atoms with Crippen molar-refractivity contribution < 1.29 is 19.8 Å². The van der Waals surface area contributed by atoms with Crippen LogP contribution in [0.4, 0.5) is 5.13 Å². The number of aromatic hydroxyl groups is 1. The van der Waals surface area contributed by atoms with Crippen LogP contribution in [-0.2, 0) is 9.59 Å². The molecule has 1 aliphatic rings. The van der Waals surface area contributed by atoms with Gasteiger partial charge in [-0.15, -0.1) is 0 Å². The lowest BCUT2D eigenvalue weighted by atomic mass is 9.94. The summed E-state index contributed by atoms with van der Waals surface area (Å²) in [6.45, 7) is 0. The van der Waals surface area contributed by atoms with Crippen molar-refractivity contribution in [3.8, 4) is 5.75 Å². The van der Waals surface area contributed by atoms with Crippen molar-refractivity contribution >= 4 is 66.5 Å². The number of aliphatic hydroxyl groups excluding tert-OH is 1. The van der Waals surface area contributed by atoms with Gasteiger partial charge in [-0.3, -0.25) is 14.5 Å². The van der Waals surface area contributed by atoms with Gasteiger partial charge in [-0.1, -0.05) is 71.5 Å². The maximum absolute atomic E-state index is 13.4. The van der Waals surface area contributed by atoms with Gasteiger partial charge in [0.2, 0.25) is 0 Å². The fourth-order valence-electron chi connectivity index (χ4n) is 4.48. The molecule has 36 heavy (non-hydrogen) atoms. The molecule has 0 aliphatic carbocycles. The van der Waals surface area contributed by atoms with Crippen LogP contribution in [0.25, 0.3) is 26.7 Å². The number of benzene rings is 4. The van der Waals surface area contributed by atoms with E-state index in [1.165, 1.54) is 28.4 Å². The summed E-state index contributed by atoms with van der Waals surface area (Å²) >= 11 is 7.36. The fourth-order valence-corrected chi connectivity index (χ4v) is 5.75. The Balaban J connectivity index is 1.56. The van der Waals surface area contributed by atoms with Crippen LogP contribution in [-0.4, -0.2) is 26.9 Å². The van der Waals surface area contributed by atoms with Crippen molar-refractivity contribution in [2.45, 2.75) is 6.04 Å². The summed E-state index contributed by atoms with van der Waals surface area (Å²) in [6, 6.07) is 23.5. The smallest absolute Gasteiger partial charge is 0.301 e. The predicted molar refractivity (Wildman–Crippen MR) is 141 cm³/mol. The summed E-state index contributed by atoms with van der Waals surface area (Å²) in [5, 5.41) is 23.9. The summed E-state index contributed by atoms with van der Waals surface area (Å²) in [4.78, 5) is 32.7. The molecule has 6 rings (SSSR count). The molecule has 2 N–H and O–H groups in total. The minimum absolute atomic E-state index is 0.0415. The van der Waals surface area contributed by atoms with Gasteiger partial charge in [0.05, 0.1) is 21.8 Å². The molecule has 6 nitrogen and oxygen atoms in total. The zero-order chi connectivity index (χ0) is 25.0. The van der Waals surface area contributed by atoms with Gasteiger partial charge >= 0.3 is 5.91 Å². The first-order valence-corrected chi connectivity index (χ1v) is 12.3. The highest BCUT2D eigenvalue weighted by Gasteiger charge is 2.48. The molecule has 1 aromatic heterocycles. The molecule has 0 bridgehead atoms. The predicted octanol–water partition coefficient (Wildman–Crippen LogP) is 6.43. The van der Waals surface area contributed by atoms with Crippen LogP contribution in [0.3, 0.4) is 0 Å². The Morgan fingerprint density at radius 3 is 2.44 bits per heavy atom. The number of anilines is 1. The molecule has 1 atom stereocenters. The maximum Gasteiger partial charge on any atom is 0.301 e. The molecule has 1 unspecified atom stereocenters.